The second-order valence-electron chi connectivity index (χ2n) is 7.10. The SMILES string of the molecule is CC(C)(C)OC(=O)N1CCCC(F)(c2nc3cc(Br)ccc3o2)C1. The molecule has 2 aromatic rings. The van der Waals surface area contributed by atoms with Crippen LogP contribution in [0.25, 0.3) is 11.1 Å². The zero-order chi connectivity index (χ0) is 17.5. The van der Waals surface area contributed by atoms with E-state index in [4.69, 9.17) is 9.15 Å². The van der Waals surface area contributed by atoms with Gasteiger partial charge in [0.1, 0.15) is 11.1 Å². The maximum absolute atomic E-state index is 15.5. The number of halogens is 2. The third kappa shape index (κ3) is 3.55. The van der Waals surface area contributed by atoms with Crippen LogP contribution >= 0.6 is 15.9 Å². The van der Waals surface area contributed by atoms with Gasteiger partial charge < -0.3 is 14.1 Å². The lowest BCUT2D eigenvalue weighted by Gasteiger charge is -2.36. The van der Waals surface area contributed by atoms with Crippen molar-refractivity contribution in [2.75, 3.05) is 13.1 Å². The van der Waals surface area contributed by atoms with Crippen molar-refractivity contribution in [2.24, 2.45) is 0 Å². The number of oxazole rings is 1. The second kappa shape index (κ2) is 6.02. The highest BCUT2D eigenvalue weighted by molar-refractivity contribution is 9.10. The number of fused-ring (bicyclic) bond motifs is 1. The summed E-state index contributed by atoms with van der Waals surface area (Å²) >= 11 is 3.36. The summed E-state index contributed by atoms with van der Waals surface area (Å²) in [6, 6.07) is 5.34. The summed E-state index contributed by atoms with van der Waals surface area (Å²) < 4.78 is 27.3. The number of aromatic nitrogens is 1. The summed E-state index contributed by atoms with van der Waals surface area (Å²) in [7, 11) is 0. The number of nitrogens with zero attached hydrogens (tertiary/aromatic N) is 2. The molecule has 0 bridgehead atoms. The topological polar surface area (TPSA) is 55.6 Å². The first kappa shape index (κ1) is 17.2. The van der Waals surface area contributed by atoms with Crippen LogP contribution in [0.4, 0.5) is 9.18 Å². The van der Waals surface area contributed by atoms with Crippen LogP contribution in [0, 0.1) is 0 Å². The predicted molar refractivity (Wildman–Crippen MR) is 91.5 cm³/mol. The van der Waals surface area contributed by atoms with E-state index in [1.165, 1.54) is 4.90 Å². The molecule has 1 aliphatic heterocycles. The monoisotopic (exact) mass is 398 g/mol. The number of likely N-dealkylation sites (tertiary alicyclic amines) is 1. The molecule has 3 rings (SSSR count). The number of hydrogen-bond donors (Lipinski definition) is 0. The molecule has 1 saturated heterocycles. The molecule has 5 nitrogen and oxygen atoms in total. The van der Waals surface area contributed by atoms with Gasteiger partial charge in [-0.3, -0.25) is 0 Å². The average Bonchev–Trinajstić information content (AvgIpc) is 2.89. The molecule has 1 unspecified atom stereocenters. The lowest BCUT2D eigenvalue weighted by molar-refractivity contribution is -0.0140. The van der Waals surface area contributed by atoms with Crippen molar-refractivity contribution >= 4 is 33.1 Å². The smallest absolute Gasteiger partial charge is 0.410 e. The Balaban J connectivity index is 1.84. The molecular weight excluding hydrogens is 379 g/mol. The molecule has 7 heteroatoms. The number of piperidine rings is 1. The van der Waals surface area contributed by atoms with Gasteiger partial charge >= 0.3 is 6.09 Å². The van der Waals surface area contributed by atoms with Crippen molar-refractivity contribution in [1.82, 2.24) is 9.88 Å². The highest BCUT2D eigenvalue weighted by atomic mass is 79.9. The van der Waals surface area contributed by atoms with Gasteiger partial charge in [0.2, 0.25) is 11.6 Å². The van der Waals surface area contributed by atoms with Gasteiger partial charge in [0, 0.05) is 11.0 Å². The number of alkyl halides is 1. The van der Waals surface area contributed by atoms with E-state index >= 15 is 4.39 Å². The van der Waals surface area contributed by atoms with Gasteiger partial charge in [-0.1, -0.05) is 15.9 Å². The highest BCUT2D eigenvalue weighted by Gasteiger charge is 2.44. The number of carbonyl (C=O) groups is 1. The number of carbonyl (C=O) groups excluding carboxylic acids is 1. The van der Waals surface area contributed by atoms with Crippen molar-refractivity contribution in [3.05, 3.63) is 28.6 Å². The Hall–Kier alpha value is -1.63. The molecule has 0 radical (unpaired) electrons. The third-order valence-electron chi connectivity index (χ3n) is 3.83. The average molecular weight is 399 g/mol. The van der Waals surface area contributed by atoms with Gasteiger partial charge in [0.25, 0.3) is 0 Å². The number of hydrogen-bond acceptors (Lipinski definition) is 4. The quantitative estimate of drug-likeness (QED) is 0.692. The Morgan fingerprint density at radius 2 is 2.21 bits per heavy atom. The summed E-state index contributed by atoms with van der Waals surface area (Å²) in [4.78, 5) is 17.9. The maximum atomic E-state index is 15.5. The second-order valence-corrected chi connectivity index (χ2v) is 8.02. The fraction of sp³-hybridized carbons (Fsp3) is 0.529. The van der Waals surface area contributed by atoms with E-state index in [1.54, 1.807) is 32.9 Å². The van der Waals surface area contributed by atoms with E-state index in [1.807, 2.05) is 6.07 Å². The van der Waals surface area contributed by atoms with Gasteiger partial charge in [-0.05, 0) is 51.8 Å². The lowest BCUT2D eigenvalue weighted by Crippen LogP contribution is -2.48. The highest BCUT2D eigenvalue weighted by Crippen LogP contribution is 2.37. The van der Waals surface area contributed by atoms with E-state index in [9.17, 15) is 4.79 Å². The number of amides is 1. The summed E-state index contributed by atoms with van der Waals surface area (Å²) in [5, 5.41) is 0. The first-order chi connectivity index (χ1) is 11.2. The van der Waals surface area contributed by atoms with Crippen molar-refractivity contribution in [3.8, 4) is 0 Å². The minimum Gasteiger partial charge on any atom is -0.444 e. The van der Waals surface area contributed by atoms with Crippen LogP contribution < -0.4 is 0 Å². The van der Waals surface area contributed by atoms with Crippen LogP contribution in [-0.2, 0) is 10.4 Å². The lowest BCUT2D eigenvalue weighted by atomic mass is 9.95. The summed E-state index contributed by atoms with van der Waals surface area (Å²) in [6.45, 7) is 5.71. The van der Waals surface area contributed by atoms with Gasteiger partial charge in [0.15, 0.2) is 5.58 Å². The van der Waals surface area contributed by atoms with E-state index in [0.29, 0.717) is 24.1 Å². The number of rotatable bonds is 1. The Labute approximate surface area is 148 Å². The van der Waals surface area contributed by atoms with Gasteiger partial charge in [-0.2, -0.15) is 0 Å². The standard InChI is InChI=1S/C17H20BrFN2O3/c1-16(2,3)24-15(22)21-8-4-7-17(19,10-21)14-20-12-9-11(18)5-6-13(12)23-14/h5-6,9H,4,7-8,10H2,1-3H3. The molecule has 0 saturated carbocycles. The molecule has 1 aromatic heterocycles. The minimum absolute atomic E-state index is 0.0175. The number of benzene rings is 1. The molecule has 1 fully saturated rings. The van der Waals surface area contributed by atoms with Gasteiger partial charge in [-0.25, -0.2) is 14.2 Å². The van der Waals surface area contributed by atoms with Gasteiger partial charge in [0.05, 0.1) is 6.54 Å². The van der Waals surface area contributed by atoms with Crippen LogP contribution in [0.15, 0.2) is 27.1 Å². The molecule has 0 aliphatic carbocycles. The maximum Gasteiger partial charge on any atom is 0.410 e. The van der Waals surface area contributed by atoms with Crippen molar-refractivity contribution < 1.29 is 18.3 Å². The molecule has 1 aromatic carbocycles. The molecule has 1 aliphatic rings. The van der Waals surface area contributed by atoms with Crippen LogP contribution in [0.5, 0.6) is 0 Å². The molecule has 24 heavy (non-hydrogen) atoms. The fourth-order valence-electron chi connectivity index (χ4n) is 2.76. The molecule has 1 atom stereocenters. The van der Waals surface area contributed by atoms with E-state index in [-0.39, 0.29) is 18.9 Å². The van der Waals surface area contributed by atoms with Crippen molar-refractivity contribution in [2.45, 2.75) is 44.9 Å². The van der Waals surface area contributed by atoms with E-state index in [2.05, 4.69) is 20.9 Å². The van der Waals surface area contributed by atoms with E-state index < -0.39 is 17.4 Å². The summed E-state index contributed by atoms with van der Waals surface area (Å²) in [5.41, 5.74) is -1.30. The first-order valence-corrected chi connectivity index (χ1v) is 8.69. The van der Waals surface area contributed by atoms with Gasteiger partial charge in [-0.15, -0.1) is 0 Å². The summed E-state index contributed by atoms with van der Waals surface area (Å²) in [6.07, 6.45) is 0.279. The van der Waals surface area contributed by atoms with Crippen LogP contribution in [0.2, 0.25) is 0 Å². The first-order valence-electron chi connectivity index (χ1n) is 7.90. The molecule has 1 amide bonds. The normalized spacial score (nSPS) is 22.0. The van der Waals surface area contributed by atoms with Crippen LogP contribution in [0.1, 0.15) is 39.5 Å². The van der Waals surface area contributed by atoms with Crippen LogP contribution in [0.3, 0.4) is 0 Å². The molecular formula is C17H20BrFN2O3. The molecule has 0 spiro atoms. The minimum atomic E-state index is -1.80. The zero-order valence-corrected chi connectivity index (χ0v) is 15.5. The van der Waals surface area contributed by atoms with Crippen molar-refractivity contribution in [1.29, 1.82) is 0 Å². The molecule has 130 valence electrons. The Kier molecular flexibility index (Phi) is 4.32. The fourth-order valence-corrected chi connectivity index (χ4v) is 3.11. The predicted octanol–water partition coefficient (Wildman–Crippen LogP) is 4.79. The Bertz CT molecular complexity index is 771. The van der Waals surface area contributed by atoms with Crippen molar-refractivity contribution in [3.63, 3.8) is 0 Å². The molecule has 2 heterocycles. The largest absolute Gasteiger partial charge is 0.444 e. The summed E-state index contributed by atoms with van der Waals surface area (Å²) in [5.74, 6) is 0.0175. The van der Waals surface area contributed by atoms with E-state index in [0.717, 1.165) is 4.47 Å². The molecule has 0 N–H and O–H groups in total. The number of ether oxygens (including phenoxy) is 1. The third-order valence-corrected chi connectivity index (χ3v) is 4.32. The Morgan fingerprint density at radius 1 is 1.46 bits per heavy atom. The Morgan fingerprint density at radius 3 is 2.92 bits per heavy atom. The zero-order valence-electron chi connectivity index (χ0n) is 13.9. The van der Waals surface area contributed by atoms with Crippen LogP contribution in [-0.4, -0.2) is 34.7 Å².